The number of carbonyl (C=O) groups is 1. The lowest BCUT2D eigenvalue weighted by atomic mass is 10.1. The molecule has 0 aliphatic heterocycles. The van der Waals surface area contributed by atoms with Gasteiger partial charge in [-0.25, -0.2) is 9.78 Å². The van der Waals surface area contributed by atoms with E-state index in [-0.39, 0.29) is 17.2 Å². The first-order valence-electron chi connectivity index (χ1n) is 6.46. The number of aromatic hydroxyl groups is 1. The maximum Gasteiger partial charge on any atom is 0.342 e. The van der Waals surface area contributed by atoms with Gasteiger partial charge >= 0.3 is 5.97 Å². The summed E-state index contributed by atoms with van der Waals surface area (Å²) in [5.74, 6) is -0.554. The molecule has 0 saturated heterocycles. The van der Waals surface area contributed by atoms with Crippen molar-refractivity contribution in [2.75, 3.05) is 7.11 Å². The molecule has 0 aliphatic carbocycles. The van der Waals surface area contributed by atoms with Crippen LogP contribution in [0.1, 0.15) is 10.4 Å². The summed E-state index contributed by atoms with van der Waals surface area (Å²) in [4.78, 5) is 19.3. The number of carboxylic acid groups (broad SMARTS) is 1. The van der Waals surface area contributed by atoms with E-state index >= 15 is 0 Å². The predicted molar refractivity (Wildman–Crippen MR) is 80.2 cm³/mol. The molecule has 0 spiro atoms. The minimum atomic E-state index is -1.14. The average molecular weight is 296 g/mol. The quantitative estimate of drug-likeness (QED) is 0.772. The van der Waals surface area contributed by atoms with Gasteiger partial charge in [-0.15, -0.1) is 0 Å². The van der Waals surface area contributed by atoms with Crippen LogP contribution in [0, 0.1) is 0 Å². The van der Waals surface area contributed by atoms with E-state index in [1.165, 1.54) is 13.3 Å². The summed E-state index contributed by atoms with van der Waals surface area (Å²) >= 11 is 0. The summed E-state index contributed by atoms with van der Waals surface area (Å²) in [6.45, 7) is 0. The molecule has 0 saturated carbocycles. The molecular weight excluding hydrogens is 284 g/mol. The Kier molecular flexibility index (Phi) is 3.34. The number of rotatable bonds is 3. The molecule has 0 bridgehead atoms. The lowest BCUT2D eigenvalue weighted by molar-refractivity contribution is 0.0692. The minimum Gasteiger partial charge on any atom is -0.508 e. The fourth-order valence-electron chi connectivity index (χ4n) is 2.18. The molecule has 22 heavy (non-hydrogen) atoms. The summed E-state index contributed by atoms with van der Waals surface area (Å²) in [6, 6.07) is 10.6. The van der Waals surface area contributed by atoms with Crippen molar-refractivity contribution in [2.24, 2.45) is 0 Å². The van der Waals surface area contributed by atoms with Crippen molar-refractivity contribution < 1.29 is 19.7 Å². The van der Waals surface area contributed by atoms with Gasteiger partial charge in [-0.05, 0) is 29.0 Å². The van der Waals surface area contributed by atoms with Crippen molar-refractivity contribution in [2.45, 2.75) is 0 Å². The molecule has 6 heteroatoms. The third-order valence-electron chi connectivity index (χ3n) is 3.26. The van der Waals surface area contributed by atoms with E-state index in [9.17, 15) is 9.90 Å². The van der Waals surface area contributed by atoms with Gasteiger partial charge < -0.3 is 14.9 Å². The highest BCUT2D eigenvalue weighted by atomic mass is 16.5. The highest BCUT2D eigenvalue weighted by Gasteiger charge is 2.15. The Morgan fingerprint density at radius 1 is 1.14 bits per heavy atom. The SMILES string of the molecule is COc1nc(-c2ccc3cc(O)ccc3c2)ncc1C(=O)O. The molecule has 2 N–H and O–H groups in total. The molecule has 3 aromatic rings. The summed E-state index contributed by atoms with van der Waals surface area (Å²) in [7, 11) is 1.36. The number of hydrogen-bond acceptors (Lipinski definition) is 5. The fourth-order valence-corrected chi connectivity index (χ4v) is 2.18. The van der Waals surface area contributed by atoms with E-state index in [2.05, 4.69) is 9.97 Å². The normalized spacial score (nSPS) is 10.6. The topological polar surface area (TPSA) is 92.5 Å². The lowest BCUT2D eigenvalue weighted by Gasteiger charge is -2.07. The molecule has 110 valence electrons. The first-order chi connectivity index (χ1) is 10.6. The fraction of sp³-hybridized carbons (Fsp3) is 0.0625. The van der Waals surface area contributed by atoms with Gasteiger partial charge in [-0.1, -0.05) is 18.2 Å². The molecule has 1 heterocycles. The largest absolute Gasteiger partial charge is 0.508 e. The number of phenolic OH excluding ortho intramolecular Hbond substituents is 1. The molecule has 0 fully saturated rings. The van der Waals surface area contributed by atoms with Gasteiger partial charge in [0.25, 0.3) is 0 Å². The molecular formula is C16H12N2O4. The van der Waals surface area contributed by atoms with Crippen LogP contribution in [0.15, 0.2) is 42.6 Å². The molecule has 0 amide bonds. The highest BCUT2D eigenvalue weighted by molar-refractivity contribution is 5.90. The predicted octanol–water partition coefficient (Wildman–Crippen LogP) is 2.71. The number of ether oxygens (including phenoxy) is 1. The molecule has 0 aliphatic rings. The van der Waals surface area contributed by atoms with E-state index in [0.29, 0.717) is 5.82 Å². The number of aromatic carboxylic acids is 1. The Bertz CT molecular complexity index is 877. The molecule has 0 unspecified atom stereocenters. The van der Waals surface area contributed by atoms with Gasteiger partial charge in [0.15, 0.2) is 5.82 Å². The molecule has 2 aromatic carbocycles. The van der Waals surface area contributed by atoms with E-state index in [1.807, 2.05) is 12.1 Å². The van der Waals surface area contributed by atoms with Crippen LogP contribution in [0.5, 0.6) is 11.6 Å². The van der Waals surface area contributed by atoms with Gasteiger partial charge in [0.1, 0.15) is 11.3 Å². The molecule has 6 nitrogen and oxygen atoms in total. The van der Waals surface area contributed by atoms with Crippen molar-refractivity contribution in [3.05, 3.63) is 48.2 Å². The maximum absolute atomic E-state index is 11.1. The van der Waals surface area contributed by atoms with Crippen LogP contribution in [0.2, 0.25) is 0 Å². The van der Waals surface area contributed by atoms with Gasteiger partial charge in [-0.3, -0.25) is 0 Å². The number of nitrogens with zero attached hydrogens (tertiary/aromatic N) is 2. The van der Waals surface area contributed by atoms with Crippen molar-refractivity contribution in [3.8, 4) is 23.0 Å². The third kappa shape index (κ3) is 2.42. The number of benzene rings is 2. The number of fused-ring (bicyclic) bond motifs is 1. The summed E-state index contributed by atoms with van der Waals surface area (Å²) in [5.41, 5.74) is 0.644. The Labute approximate surface area is 125 Å². The standard InChI is InChI=1S/C16H12N2O4/c1-22-15-13(16(20)21)8-17-14(18-15)11-3-2-10-7-12(19)5-4-9(10)6-11/h2-8,19H,1H3,(H,20,21). The zero-order valence-corrected chi connectivity index (χ0v) is 11.6. The van der Waals surface area contributed by atoms with Crippen LogP contribution in [-0.2, 0) is 0 Å². The number of aromatic nitrogens is 2. The second-order valence-corrected chi connectivity index (χ2v) is 4.67. The Balaban J connectivity index is 2.10. The second kappa shape index (κ2) is 5.33. The zero-order chi connectivity index (χ0) is 15.7. The van der Waals surface area contributed by atoms with Crippen molar-refractivity contribution in [1.29, 1.82) is 0 Å². The highest BCUT2D eigenvalue weighted by Crippen LogP contribution is 2.26. The molecule has 0 radical (unpaired) electrons. The molecule has 1 aromatic heterocycles. The Morgan fingerprint density at radius 2 is 1.86 bits per heavy atom. The first-order valence-corrected chi connectivity index (χ1v) is 6.46. The zero-order valence-electron chi connectivity index (χ0n) is 11.6. The number of hydrogen-bond donors (Lipinski definition) is 2. The van der Waals surface area contributed by atoms with E-state index in [4.69, 9.17) is 9.84 Å². The minimum absolute atomic E-state index is 0.0169. The number of carboxylic acids is 1. The van der Waals surface area contributed by atoms with Crippen molar-refractivity contribution in [1.82, 2.24) is 9.97 Å². The summed E-state index contributed by atoms with van der Waals surface area (Å²) in [6.07, 6.45) is 1.23. The van der Waals surface area contributed by atoms with Gasteiger partial charge in [0.05, 0.1) is 7.11 Å². The van der Waals surface area contributed by atoms with Gasteiger partial charge in [-0.2, -0.15) is 4.98 Å². The number of methoxy groups -OCH3 is 1. The summed E-state index contributed by atoms with van der Waals surface area (Å²) in [5, 5.41) is 20.3. The van der Waals surface area contributed by atoms with E-state index < -0.39 is 5.97 Å². The van der Waals surface area contributed by atoms with Crippen LogP contribution >= 0.6 is 0 Å². The van der Waals surface area contributed by atoms with Crippen LogP contribution in [0.4, 0.5) is 0 Å². The van der Waals surface area contributed by atoms with Crippen LogP contribution in [-0.4, -0.2) is 33.3 Å². The molecule has 0 atom stereocenters. The van der Waals surface area contributed by atoms with Crippen molar-refractivity contribution >= 4 is 16.7 Å². The van der Waals surface area contributed by atoms with Crippen LogP contribution in [0.25, 0.3) is 22.2 Å². The lowest BCUT2D eigenvalue weighted by Crippen LogP contribution is -2.04. The Hall–Kier alpha value is -3.15. The van der Waals surface area contributed by atoms with E-state index in [0.717, 1.165) is 16.3 Å². The Morgan fingerprint density at radius 3 is 2.59 bits per heavy atom. The van der Waals surface area contributed by atoms with Crippen LogP contribution in [0.3, 0.4) is 0 Å². The van der Waals surface area contributed by atoms with Crippen LogP contribution < -0.4 is 4.74 Å². The second-order valence-electron chi connectivity index (χ2n) is 4.67. The summed E-state index contributed by atoms with van der Waals surface area (Å²) < 4.78 is 5.01. The van der Waals surface area contributed by atoms with Crippen molar-refractivity contribution in [3.63, 3.8) is 0 Å². The van der Waals surface area contributed by atoms with Gasteiger partial charge in [0, 0.05) is 11.8 Å². The van der Waals surface area contributed by atoms with E-state index in [1.54, 1.807) is 24.3 Å². The molecule has 3 rings (SSSR count). The monoisotopic (exact) mass is 296 g/mol. The number of phenols is 1. The maximum atomic E-state index is 11.1. The third-order valence-corrected chi connectivity index (χ3v) is 3.26. The smallest absolute Gasteiger partial charge is 0.342 e. The average Bonchev–Trinajstić information content (AvgIpc) is 2.53. The van der Waals surface area contributed by atoms with Gasteiger partial charge in [0.2, 0.25) is 5.88 Å². The first kappa shape index (κ1) is 13.8.